The molecule has 0 fully saturated rings. The maximum absolute atomic E-state index is 11.1. The lowest BCUT2D eigenvalue weighted by atomic mass is 10.1. The molecule has 0 aliphatic carbocycles. The zero-order valence-corrected chi connectivity index (χ0v) is 9.97. The lowest BCUT2D eigenvalue weighted by Gasteiger charge is -2.13. The van der Waals surface area contributed by atoms with Gasteiger partial charge >= 0.3 is 0 Å². The van der Waals surface area contributed by atoms with E-state index in [1.807, 2.05) is 25.1 Å². The molecule has 1 N–H and O–H groups in total. The van der Waals surface area contributed by atoms with Crippen LogP contribution >= 0.6 is 0 Å². The summed E-state index contributed by atoms with van der Waals surface area (Å²) in [6.07, 6.45) is 0. The van der Waals surface area contributed by atoms with E-state index in [2.05, 4.69) is 5.18 Å². The van der Waals surface area contributed by atoms with Crippen LogP contribution in [-0.4, -0.2) is 25.0 Å². The van der Waals surface area contributed by atoms with Gasteiger partial charge in [0.25, 0.3) is 0 Å². The largest absolute Gasteiger partial charge is 0.505 e. The molecule has 0 saturated carbocycles. The van der Waals surface area contributed by atoms with Gasteiger partial charge < -0.3 is 10.0 Å². The minimum atomic E-state index is -0.562. The number of anilines is 1. The summed E-state index contributed by atoms with van der Waals surface area (Å²) >= 11 is 0. The van der Waals surface area contributed by atoms with Gasteiger partial charge in [0.2, 0.25) is 0 Å². The van der Waals surface area contributed by atoms with Gasteiger partial charge in [0, 0.05) is 32.3 Å². The van der Waals surface area contributed by atoms with Crippen molar-refractivity contribution < 1.29 is 9.90 Å². The van der Waals surface area contributed by atoms with Gasteiger partial charge in [0.15, 0.2) is 17.2 Å². The predicted octanol–water partition coefficient (Wildman–Crippen LogP) is 2.33. The van der Waals surface area contributed by atoms with Crippen molar-refractivity contribution >= 4 is 17.2 Å². The van der Waals surface area contributed by atoms with Gasteiger partial charge in [-0.2, -0.15) is 0 Å². The van der Waals surface area contributed by atoms with Crippen molar-refractivity contribution in [2.24, 2.45) is 5.18 Å². The molecule has 0 saturated heterocycles. The number of allylic oxidation sites excluding steroid dienone is 1. The van der Waals surface area contributed by atoms with E-state index < -0.39 is 17.2 Å². The third-order valence-electron chi connectivity index (χ3n) is 2.29. The Labute approximate surface area is 99.3 Å². The number of aliphatic hydroxyl groups is 1. The first-order valence-corrected chi connectivity index (χ1v) is 5.02. The molecule has 17 heavy (non-hydrogen) atoms. The van der Waals surface area contributed by atoms with E-state index in [1.54, 1.807) is 18.2 Å². The second-order valence-electron chi connectivity index (χ2n) is 3.79. The molecule has 0 aromatic heterocycles. The van der Waals surface area contributed by atoms with E-state index in [0.29, 0.717) is 5.56 Å². The zero-order chi connectivity index (χ0) is 13.0. The van der Waals surface area contributed by atoms with E-state index in [0.717, 1.165) is 5.69 Å². The van der Waals surface area contributed by atoms with Crippen LogP contribution in [0.1, 0.15) is 12.5 Å². The fraction of sp³-hybridized carbons (Fsp3) is 0.250. The standard InChI is InChI=1S/C12H14N2O3/c1-8(15)11(13-17)12(16)9-5-4-6-10(7-9)14(2)3/h4-7,16H,1-3H3. The molecule has 1 rings (SSSR count). The lowest BCUT2D eigenvalue weighted by Crippen LogP contribution is -2.08. The second-order valence-corrected chi connectivity index (χ2v) is 3.79. The molecule has 0 unspecified atom stereocenters. The number of rotatable bonds is 4. The van der Waals surface area contributed by atoms with Crippen molar-refractivity contribution in [1.82, 2.24) is 0 Å². The molecule has 90 valence electrons. The number of benzene rings is 1. The molecule has 0 bridgehead atoms. The van der Waals surface area contributed by atoms with Crippen LogP contribution in [0.3, 0.4) is 0 Å². The number of aliphatic hydroxyl groups excluding tert-OH is 1. The van der Waals surface area contributed by atoms with Crippen LogP contribution < -0.4 is 4.90 Å². The Morgan fingerprint density at radius 3 is 2.47 bits per heavy atom. The summed E-state index contributed by atoms with van der Waals surface area (Å²) in [6.45, 7) is 1.18. The highest BCUT2D eigenvalue weighted by atomic mass is 16.3. The van der Waals surface area contributed by atoms with Gasteiger partial charge in [-0.15, -0.1) is 4.91 Å². The predicted molar refractivity (Wildman–Crippen MR) is 66.8 cm³/mol. The summed E-state index contributed by atoms with van der Waals surface area (Å²) in [5.74, 6) is -0.955. The van der Waals surface area contributed by atoms with E-state index >= 15 is 0 Å². The van der Waals surface area contributed by atoms with Crippen molar-refractivity contribution in [1.29, 1.82) is 0 Å². The topological polar surface area (TPSA) is 70.0 Å². The molecule has 0 heterocycles. The van der Waals surface area contributed by atoms with Gasteiger partial charge in [-0.3, -0.25) is 4.79 Å². The molecule has 0 aliphatic heterocycles. The van der Waals surface area contributed by atoms with Crippen molar-refractivity contribution in [3.8, 4) is 0 Å². The summed E-state index contributed by atoms with van der Waals surface area (Å²) in [5, 5.41) is 12.4. The van der Waals surface area contributed by atoms with Crippen LogP contribution in [0.15, 0.2) is 35.1 Å². The van der Waals surface area contributed by atoms with Crippen LogP contribution in [0.4, 0.5) is 5.69 Å². The number of carbonyl (C=O) groups excluding carboxylic acids is 1. The first kappa shape index (κ1) is 12.9. The molecule has 1 aromatic carbocycles. The fourth-order valence-corrected chi connectivity index (χ4v) is 1.34. The van der Waals surface area contributed by atoms with Gasteiger partial charge in [-0.25, -0.2) is 0 Å². The lowest BCUT2D eigenvalue weighted by molar-refractivity contribution is -0.113. The fourth-order valence-electron chi connectivity index (χ4n) is 1.34. The average Bonchev–Trinajstić information content (AvgIpc) is 2.29. The van der Waals surface area contributed by atoms with Gasteiger partial charge in [0.1, 0.15) is 0 Å². The number of nitrogens with zero attached hydrogens (tertiary/aromatic N) is 2. The highest BCUT2D eigenvalue weighted by Crippen LogP contribution is 2.21. The second kappa shape index (κ2) is 5.25. The van der Waals surface area contributed by atoms with E-state index in [1.165, 1.54) is 6.92 Å². The highest BCUT2D eigenvalue weighted by molar-refractivity contribution is 5.99. The Bertz CT molecular complexity index is 478. The minimum Gasteiger partial charge on any atom is -0.505 e. The molecule has 5 heteroatoms. The normalized spacial score (nSPS) is 11.7. The highest BCUT2D eigenvalue weighted by Gasteiger charge is 2.14. The van der Waals surface area contributed by atoms with Crippen LogP contribution in [0.2, 0.25) is 0 Å². The average molecular weight is 234 g/mol. The molecule has 0 atom stereocenters. The number of ketones is 1. The third-order valence-corrected chi connectivity index (χ3v) is 2.29. The quantitative estimate of drug-likeness (QED) is 0.493. The number of hydrogen-bond acceptors (Lipinski definition) is 5. The van der Waals surface area contributed by atoms with Crippen molar-refractivity contribution in [3.63, 3.8) is 0 Å². The molecule has 0 spiro atoms. The number of carbonyl (C=O) groups is 1. The molecule has 0 aliphatic rings. The first-order valence-electron chi connectivity index (χ1n) is 5.02. The molecule has 0 amide bonds. The van der Waals surface area contributed by atoms with Crippen molar-refractivity contribution in [3.05, 3.63) is 40.4 Å². The Kier molecular flexibility index (Phi) is 3.98. The van der Waals surface area contributed by atoms with Gasteiger partial charge in [0.05, 0.1) is 0 Å². The number of hydrogen-bond donors (Lipinski definition) is 1. The summed E-state index contributed by atoms with van der Waals surface area (Å²) in [7, 11) is 3.70. The van der Waals surface area contributed by atoms with E-state index in [9.17, 15) is 14.8 Å². The maximum atomic E-state index is 11.1. The summed E-state index contributed by atoms with van der Waals surface area (Å²) < 4.78 is 0. The zero-order valence-electron chi connectivity index (χ0n) is 9.97. The SMILES string of the molecule is CC(=O)C(N=O)=C(O)c1cccc(N(C)C)c1. The first-order chi connectivity index (χ1) is 7.97. The Morgan fingerprint density at radius 2 is 2.00 bits per heavy atom. The summed E-state index contributed by atoms with van der Waals surface area (Å²) in [5.41, 5.74) is 0.782. The Morgan fingerprint density at radius 1 is 1.35 bits per heavy atom. The van der Waals surface area contributed by atoms with Gasteiger partial charge in [-0.05, 0) is 17.3 Å². The molecule has 0 radical (unpaired) electrons. The molecular weight excluding hydrogens is 220 g/mol. The van der Waals surface area contributed by atoms with Crippen molar-refractivity contribution in [2.75, 3.05) is 19.0 Å². The minimum absolute atomic E-state index is 0.390. The van der Waals surface area contributed by atoms with Crippen LogP contribution in [0, 0.1) is 4.91 Å². The third kappa shape index (κ3) is 2.90. The molecule has 1 aromatic rings. The maximum Gasteiger partial charge on any atom is 0.192 e. The monoisotopic (exact) mass is 234 g/mol. The smallest absolute Gasteiger partial charge is 0.192 e. The van der Waals surface area contributed by atoms with Crippen LogP contribution in [0.5, 0.6) is 0 Å². The molecular formula is C12H14N2O3. The van der Waals surface area contributed by atoms with Crippen LogP contribution in [-0.2, 0) is 4.79 Å². The number of Topliss-reactive ketones (excluding diaryl/α,β-unsaturated/α-hetero) is 1. The van der Waals surface area contributed by atoms with Crippen LogP contribution in [0.25, 0.3) is 5.76 Å². The number of nitroso groups, excluding NO2 is 1. The molecule has 5 nitrogen and oxygen atoms in total. The van der Waals surface area contributed by atoms with E-state index in [4.69, 9.17) is 0 Å². The van der Waals surface area contributed by atoms with E-state index in [-0.39, 0.29) is 0 Å². The van der Waals surface area contributed by atoms with Crippen molar-refractivity contribution in [2.45, 2.75) is 6.92 Å². The Balaban J connectivity index is 3.28. The summed E-state index contributed by atoms with van der Waals surface area (Å²) in [6, 6.07) is 6.85. The Hall–Kier alpha value is -2.17. The van der Waals surface area contributed by atoms with Gasteiger partial charge in [-0.1, -0.05) is 12.1 Å². The summed E-state index contributed by atoms with van der Waals surface area (Å²) in [4.78, 5) is 23.4.